The zero-order valence-electron chi connectivity index (χ0n) is 12.5. The van der Waals surface area contributed by atoms with Gasteiger partial charge in [0.25, 0.3) is 0 Å². The van der Waals surface area contributed by atoms with Crippen molar-refractivity contribution >= 4 is 12.1 Å². The molecule has 2 fully saturated rings. The van der Waals surface area contributed by atoms with E-state index in [-0.39, 0.29) is 25.0 Å². The van der Waals surface area contributed by atoms with Crippen molar-refractivity contribution in [3.05, 3.63) is 35.9 Å². The van der Waals surface area contributed by atoms with Gasteiger partial charge in [0.2, 0.25) is 0 Å². The lowest BCUT2D eigenvalue weighted by atomic mass is 9.92. The van der Waals surface area contributed by atoms with Crippen molar-refractivity contribution in [2.45, 2.75) is 25.9 Å². The molecule has 1 aliphatic heterocycles. The molecule has 3 rings (SSSR count). The lowest BCUT2D eigenvalue weighted by molar-refractivity contribution is -0.138. The molecule has 1 heterocycles. The molecule has 1 N–H and O–H groups in total. The van der Waals surface area contributed by atoms with E-state index >= 15 is 0 Å². The van der Waals surface area contributed by atoms with Crippen LogP contribution >= 0.6 is 0 Å². The predicted molar refractivity (Wildman–Crippen MR) is 80.2 cm³/mol. The fourth-order valence-corrected chi connectivity index (χ4v) is 3.81. The molecule has 1 saturated heterocycles. The van der Waals surface area contributed by atoms with Gasteiger partial charge in [-0.1, -0.05) is 30.3 Å². The quantitative estimate of drug-likeness (QED) is 0.928. The first-order valence-corrected chi connectivity index (χ1v) is 7.79. The zero-order valence-corrected chi connectivity index (χ0v) is 12.5. The molecule has 1 saturated carbocycles. The second-order valence-corrected chi connectivity index (χ2v) is 6.40. The lowest BCUT2D eigenvalue weighted by Gasteiger charge is -2.31. The lowest BCUT2D eigenvalue weighted by Crippen LogP contribution is -2.41. The van der Waals surface area contributed by atoms with Gasteiger partial charge in [-0.15, -0.1) is 0 Å². The minimum atomic E-state index is -0.740. The summed E-state index contributed by atoms with van der Waals surface area (Å²) in [6.07, 6.45) is 1.89. The van der Waals surface area contributed by atoms with E-state index in [9.17, 15) is 9.59 Å². The molecule has 1 amide bonds. The molecule has 3 atom stereocenters. The maximum Gasteiger partial charge on any atom is 0.410 e. The van der Waals surface area contributed by atoms with E-state index in [2.05, 4.69) is 0 Å². The number of likely N-dealkylation sites (tertiary alicyclic amines) is 1. The summed E-state index contributed by atoms with van der Waals surface area (Å²) in [6.45, 7) is 1.60. The van der Waals surface area contributed by atoms with Gasteiger partial charge in [-0.2, -0.15) is 0 Å². The number of nitrogens with zero attached hydrogens (tertiary/aromatic N) is 1. The molecule has 0 spiro atoms. The second kappa shape index (κ2) is 6.38. The van der Waals surface area contributed by atoms with Crippen LogP contribution in [0.1, 0.15) is 24.8 Å². The largest absolute Gasteiger partial charge is 0.481 e. The number of fused-ring (bicyclic) bond motifs is 2. The fourth-order valence-electron chi connectivity index (χ4n) is 3.81. The maximum absolute atomic E-state index is 12.2. The van der Waals surface area contributed by atoms with Gasteiger partial charge in [-0.3, -0.25) is 4.79 Å². The van der Waals surface area contributed by atoms with Gasteiger partial charge < -0.3 is 14.7 Å². The van der Waals surface area contributed by atoms with Gasteiger partial charge >= 0.3 is 12.1 Å². The van der Waals surface area contributed by atoms with Crippen LogP contribution in [-0.2, 0) is 16.1 Å². The predicted octanol–water partition coefficient (Wildman–Crippen LogP) is 2.76. The second-order valence-electron chi connectivity index (χ2n) is 6.40. The summed E-state index contributed by atoms with van der Waals surface area (Å²) in [4.78, 5) is 24.9. The SMILES string of the molecule is O=C(O)C[C@@H]1C[C@@H]2C[C@H]1CN(C(=O)OCc1ccccc1)C2. The molecule has 1 aliphatic carbocycles. The first kappa shape index (κ1) is 14.9. The molecule has 2 bridgehead atoms. The van der Waals surface area contributed by atoms with Crippen molar-refractivity contribution < 1.29 is 19.4 Å². The Morgan fingerprint density at radius 1 is 1.18 bits per heavy atom. The highest BCUT2D eigenvalue weighted by Crippen LogP contribution is 2.42. The minimum absolute atomic E-state index is 0.203. The van der Waals surface area contributed by atoms with E-state index < -0.39 is 5.97 Å². The first-order valence-electron chi connectivity index (χ1n) is 7.79. The van der Waals surface area contributed by atoms with Crippen LogP contribution in [-0.4, -0.2) is 35.2 Å². The molecular weight excluding hydrogens is 282 g/mol. The van der Waals surface area contributed by atoms with Gasteiger partial charge in [0.15, 0.2) is 0 Å². The van der Waals surface area contributed by atoms with Crippen LogP contribution < -0.4 is 0 Å². The third-order valence-electron chi connectivity index (χ3n) is 4.77. The number of piperidine rings is 1. The van der Waals surface area contributed by atoms with Crippen LogP contribution in [0.4, 0.5) is 4.79 Å². The van der Waals surface area contributed by atoms with Crippen molar-refractivity contribution in [2.75, 3.05) is 13.1 Å². The Bertz CT molecular complexity index is 545. The number of ether oxygens (including phenoxy) is 1. The molecule has 2 aliphatic rings. The number of rotatable bonds is 4. The third kappa shape index (κ3) is 3.40. The van der Waals surface area contributed by atoms with Crippen LogP contribution in [0.15, 0.2) is 30.3 Å². The Morgan fingerprint density at radius 3 is 2.68 bits per heavy atom. The molecule has 5 heteroatoms. The van der Waals surface area contributed by atoms with E-state index in [1.807, 2.05) is 30.3 Å². The Kier molecular flexibility index (Phi) is 4.32. The van der Waals surface area contributed by atoms with E-state index in [1.54, 1.807) is 4.90 Å². The van der Waals surface area contributed by atoms with Gasteiger partial charge in [-0.25, -0.2) is 4.79 Å². The van der Waals surface area contributed by atoms with Crippen LogP contribution in [0.5, 0.6) is 0 Å². The number of carbonyl (C=O) groups excluding carboxylic acids is 1. The van der Waals surface area contributed by atoms with Crippen molar-refractivity contribution in [3.63, 3.8) is 0 Å². The molecule has 0 unspecified atom stereocenters. The normalized spacial score (nSPS) is 26.7. The van der Waals surface area contributed by atoms with Gasteiger partial charge in [-0.05, 0) is 36.2 Å². The first-order chi connectivity index (χ1) is 10.6. The van der Waals surface area contributed by atoms with Crippen LogP contribution in [0.3, 0.4) is 0 Å². The van der Waals surface area contributed by atoms with Crippen molar-refractivity contribution in [1.29, 1.82) is 0 Å². The number of amides is 1. The Balaban J connectivity index is 1.53. The Hall–Kier alpha value is -2.04. The molecule has 22 heavy (non-hydrogen) atoms. The van der Waals surface area contributed by atoms with E-state index in [4.69, 9.17) is 9.84 Å². The van der Waals surface area contributed by atoms with E-state index in [0.717, 1.165) is 18.4 Å². The molecule has 5 nitrogen and oxygen atoms in total. The average Bonchev–Trinajstić information content (AvgIpc) is 2.78. The van der Waals surface area contributed by atoms with E-state index in [1.165, 1.54) is 0 Å². The Labute approximate surface area is 129 Å². The van der Waals surface area contributed by atoms with E-state index in [0.29, 0.717) is 24.9 Å². The number of carboxylic acids is 1. The van der Waals surface area contributed by atoms with Crippen LogP contribution in [0, 0.1) is 17.8 Å². The number of hydrogen-bond acceptors (Lipinski definition) is 3. The summed E-state index contributed by atoms with van der Waals surface area (Å²) in [5.41, 5.74) is 0.972. The summed E-state index contributed by atoms with van der Waals surface area (Å²) in [7, 11) is 0. The topological polar surface area (TPSA) is 66.8 Å². The fraction of sp³-hybridized carbons (Fsp3) is 0.529. The summed E-state index contributed by atoms with van der Waals surface area (Å²) >= 11 is 0. The number of aliphatic carboxylic acids is 1. The smallest absolute Gasteiger partial charge is 0.410 e. The van der Waals surface area contributed by atoms with Crippen LogP contribution in [0.2, 0.25) is 0 Å². The summed E-state index contributed by atoms with van der Waals surface area (Å²) in [6, 6.07) is 9.62. The van der Waals surface area contributed by atoms with Crippen molar-refractivity contribution in [3.8, 4) is 0 Å². The summed E-state index contributed by atoms with van der Waals surface area (Å²) in [5, 5.41) is 8.97. The monoisotopic (exact) mass is 303 g/mol. The summed E-state index contributed by atoms with van der Waals surface area (Å²) in [5.74, 6) is 0.191. The van der Waals surface area contributed by atoms with Crippen molar-refractivity contribution in [1.82, 2.24) is 4.90 Å². The zero-order chi connectivity index (χ0) is 15.5. The maximum atomic E-state index is 12.2. The molecule has 1 aromatic rings. The van der Waals surface area contributed by atoms with Gasteiger partial charge in [0, 0.05) is 19.5 Å². The summed E-state index contributed by atoms with van der Waals surface area (Å²) < 4.78 is 5.38. The Morgan fingerprint density at radius 2 is 1.95 bits per heavy atom. The number of carbonyl (C=O) groups is 2. The molecule has 118 valence electrons. The van der Waals surface area contributed by atoms with Gasteiger partial charge in [0.1, 0.15) is 6.61 Å². The van der Waals surface area contributed by atoms with Gasteiger partial charge in [0.05, 0.1) is 0 Å². The highest BCUT2D eigenvalue weighted by atomic mass is 16.6. The highest BCUT2D eigenvalue weighted by Gasteiger charge is 2.42. The van der Waals surface area contributed by atoms with Crippen molar-refractivity contribution in [2.24, 2.45) is 17.8 Å². The minimum Gasteiger partial charge on any atom is -0.481 e. The molecule has 0 radical (unpaired) electrons. The number of hydrogen-bond donors (Lipinski definition) is 1. The number of carboxylic acid groups (broad SMARTS) is 1. The van der Waals surface area contributed by atoms with Crippen LogP contribution in [0.25, 0.3) is 0 Å². The highest BCUT2D eigenvalue weighted by molar-refractivity contribution is 5.68. The standard InChI is InChI=1S/C17H21NO4/c19-16(20)8-14-6-13-7-15(14)10-18(9-13)17(21)22-11-12-4-2-1-3-5-12/h1-5,13-15H,6-11H2,(H,19,20)/t13-,14+,15+/m1/s1. The number of benzene rings is 1. The molecule has 0 aromatic heterocycles. The molecule has 1 aromatic carbocycles. The average molecular weight is 303 g/mol. The molecular formula is C17H21NO4. The third-order valence-corrected chi connectivity index (χ3v) is 4.77.